The molecule has 3 aromatic heterocycles. The number of ether oxygens (including phenoxy) is 1. The quantitative estimate of drug-likeness (QED) is 0.739. The molecule has 8 nitrogen and oxygen atoms in total. The highest BCUT2D eigenvalue weighted by molar-refractivity contribution is 7.15. The Morgan fingerprint density at radius 2 is 2.15 bits per heavy atom. The number of hydrogen-bond donors (Lipinski definition) is 1. The predicted octanol–water partition coefficient (Wildman–Crippen LogP) is 2.19. The summed E-state index contributed by atoms with van der Waals surface area (Å²) in [6.45, 7) is 5.29. The minimum absolute atomic E-state index is 0.0723. The van der Waals surface area contributed by atoms with Gasteiger partial charge in [0.15, 0.2) is 10.8 Å². The molecule has 0 radical (unpaired) electrons. The molecule has 1 saturated heterocycles. The molecule has 0 bridgehead atoms. The van der Waals surface area contributed by atoms with Crippen LogP contribution in [0.1, 0.15) is 25.1 Å². The molecule has 1 N–H and O–H groups in total. The van der Waals surface area contributed by atoms with E-state index < -0.39 is 0 Å². The van der Waals surface area contributed by atoms with Crippen LogP contribution in [-0.2, 0) is 11.3 Å². The first-order valence-electron chi connectivity index (χ1n) is 8.49. The van der Waals surface area contributed by atoms with Crippen molar-refractivity contribution in [1.82, 2.24) is 24.3 Å². The van der Waals surface area contributed by atoms with Crippen molar-refractivity contribution in [2.45, 2.75) is 39.0 Å². The number of carbonyl (C=O) groups excluding carboxylic acids is 1. The lowest BCUT2D eigenvalue weighted by molar-refractivity contribution is -0.114. The molecule has 136 valence electrons. The van der Waals surface area contributed by atoms with Gasteiger partial charge in [-0.1, -0.05) is 0 Å². The molecule has 3 aromatic rings. The molecule has 4 heterocycles. The molecule has 0 aliphatic carbocycles. The standard InChI is InChI=1S/C17H20N6O2S/c1-11-7-13(25-16-15-18-3-5-22(15)6-4-19-16)9-23(11)10-14-8-20-17(26-14)21-12(2)24/h3-6,8,11,13H,7,9-10H2,1-2H3,(H,20,21,24)/t11-,13+/m0/s1. The number of amides is 1. The fraction of sp³-hybridized carbons (Fsp3) is 0.412. The zero-order valence-corrected chi connectivity index (χ0v) is 15.4. The summed E-state index contributed by atoms with van der Waals surface area (Å²) < 4.78 is 8.04. The Morgan fingerprint density at radius 3 is 2.96 bits per heavy atom. The maximum Gasteiger partial charge on any atom is 0.258 e. The highest BCUT2D eigenvalue weighted by Gasteiger charge is 2.31. The van der Waals surface area contributed by atoms with Crippen molar-refractivity contribution in [3.63, 3.8) is 0 Å². The molecular formula is C17H20N6O2S. The second-order valence-corrected chi connectivity index (χ2v) is 7.57. The fourth-order valence-corrected chi connectivity index (χ4v) is 4.10. The van der Waals surface area contributed by atoms with Crippen LogP contribution in [0.25, 0.3) is 5.65 Å². The van der Waals surface area contributed by atoms with Gasteiger partial charge in [-0.2, -0.15) is 0 Å². The number of likely N-dealkylation sites (tertiary alicyclic amines) is 1. The van der Waals surface area contributed by atoms with Crippen LogP contribution in [-0.4, -0.2) is 48.9 Å². The normalized spacial score (nSPS) is 20.5. The molecule has 9 heteroatoms. The van der Waals surface area contributed by atoms with E-state index in [9.17, 15) is 4.79 Å². The summed E-state index contributed by atoms with van der Waals surface area (Å²) in [6, 6.07) is 0.394. The van der Waals surface area contributed by atoms with Crippen LogP contribution in [0, 0.1) is 0 Å². The Bertz CT molecular complexity index is 923. The number of rotatable bonds is 5. The lowest BCUT2D eigenvalue weighted by Crippen LogP contribution is -2.27. The van der Waals surface area contributed by atoms with Crippen molar-refractivity contribution in [3.05, 3.63) is 35.9 Å². The highest BCUT2D eigenvalue weighted by Crippen LogP contribution is 2.27. The van der Waals surface area contributed by atoms with E-state index in [1.165, 1.54) is 18.3 Å². The summed E-state index contributed by atoms with van der Waals surface area (Å²) in [7, 11) is 0. The number of aromatic nitrogens is 4. The van der Waals surface area contributed by atoms with E-state index in [1.807, 2.05) is 23.0 Å². The molecule has 1 aliphatic heterocycles. The molecule has 26 heavy (non-hydrogen) atoms. The summed E-state index contributed by atoms with van der Waals surface area (Å²) in [6.07, 6.45) is 10.0. The average Bonchev–Trinajstić information content (AvgIpc) is 3.29. The molecule has 2 atom stereocenters. The van der Waals surface area contributed by atoms with Crippen LogP contribution in [0.3, 0.4) is 0 Å². The first-order valence-corrected chi connectivity index (χ1v) is 9.31. The monoisotopic (exact) mass is 372 g/mol. The summed E-state index contributed by atoms with van der Waals surface area (Å²) in [5, 5.41) is 3.37. The Kier molecular flexibility index (Phi) is 4.56. The van der Waals surface area contributed by atoms with Gasteiger partial charge in [-0.25, -0.2) is 15.0 Å². The molecule has 1 amide bonds. The average molecular weight is 372 g/mol. The summed E-state index contributed by atoms with van der Waals surface area (Å²) in [5.41, 5.74) is 0.737. The van der Waals surface area contributed by atoms with Crippen LogP contribution in [0.2, 0.25) is 0 Å². The van der Waals surface area contributed by atoms with Gasteiger partial charge in [0.1, 0.15) is 6.10 Å². The SMILES string of the molecule is CC(=O)Nc1ncc(CN2C[C@H](Oc3nccn4ccnc34)C[C@@H]2C)s1. The Hall–Kier alpha value is -2.52. The number of thiazole rings is 1. The van der Waals surface area contributed by atoms with E-state index in [1.54, 1.807) is 12.4 Å². The van der Waals surface area contributed by atoms with E-state index in [0.29, 0.717) is 17.1 Å². The minimum atomic E-state index is -0.102. The lowest BCUT2D eigenvalue weighted by Gasteiger charge is -2.19. The maximum absolute atomic E-state index is 11.1. The first-order chi connectivity index (χ1) is 12.6. The molecule has 0 spiro atoms. The van der Waals surface area contributed by atoms with E-state index in [-0.39, 0.29) is 12.0 Å². The first kappa shape index (κ1) is 16.9. The zero-order valence-electron chi connectivity index (χ0n) is 14.6. The number of carbonyl (C=O) groups is 1. The van der Waals surface area contributed by atoms with Crippen LogP contribution >= 0.6 is 11.3 Å². The summed E-state index contributed by atoms with van der Waals surface area (Å²) in [4.78, 5) is 27.5. The Labute approximate surface area is 154 Å². The number of anilines is 1. The van der Waals surface area contributed by atoms with Crippen LogP contribution in [0.5, 0.6) is 5.88 Å². The number of imidazole rings is 1. The van der Waals surface area contributed by atoms with Gasteiger partial charge >= 0.3 is 0 Å². The third kappa shape index (κ3) is 3.54. The number of nitrogens with one attached hydrogen (secondary N) is 1. The zero-order chi connectivity index (χ0) is 18.1. The Morgan fingerprint density at radius 1 is 1.35 bits per heavy atom. The number of nitrogens with zero attached hydrogens (tertiary/aromatic N) is 5. The van der Waals surface area contributed by atoms with E-state index >= 15 is 0 Å². The lowest BCUT2D eigenvalue weighted by atomic mass is 10.2. The van der Waals surface area contributed by atoms with Crippen molar-refractivity contribution < 1.29 is 9.53 Å². The van der Waals surface area contributed by atoms with Crippen LogP contribution < -0.4 is 10.1 Å². The third-order valence-corrected chi connectivity index (χ3v) is 5.32. The third-order valence-electron chi connectivity index (χ3n) is 4.42. The van der Waals surface area contributed by atoms with Gasteiger partial charge in [-0.15, -0.1) is 11.3 Å². The van der Waals surface area contributed by atoms with Crippen molar-refractivity contribution in [2.75, 3.05) is 11.9 Å². The smallest absolute Gasteiger partial charge is 0.258 e. The van der Waals surface area contributed by atoms with E-state index in [4.69, 9.17) is 4.74 Å². The molecule has 0 unspecified atom stereocenters. The summed E-state index contributed by atoms with van der Waals surface area (Å²) in [5.74, 6) is 0.469. The number of fused-ring (bicyclic) bond motifs is 1. The van der Waals surface area contributed by atoms with Gasteiger partial charge in [0.05, 0.1) is 0 Å². The molecule has 1 aliphatic rings. The minimum Gasteiger partial charge on any atom is -0.470 e. The van der Waals surface area contributed by atoms with Gasteiger partial charge in [-0.05, 0) is 6.92 Å². The van der Waals surface area contributed by atoms with Crippen LogP contribution in [0.15, 0.2) is 31.0 Å². The predicted molar refractivity (Wildman–Crippen MR) is 98.3 cm³/mol. The largest absolute Gasteiger partial charge is 0.470 e. The molecular weight excluding hydrogens is 352 g/mol. The van der Waals surface area contributed by atoms with Crippen LogP contribution in [0.4, 0.5) is 5.13 Å². The van der Waals surface area contributed by atoms with Crippen molar-refractivity contribution in [2.24, 2.45) is 0 Å². The van der Waals surface area contributed by atoms with Crippen molar-refractivity contribution in [3.8, 4) is 5.88 Å². The maximum atomic E-state index is 11.1. The van der Waals surface area contributed by atoms with Gasteiger partial charge in [0.25, 0.3) is 5.88 Å². The second kappa shape index (κ2) is 7.00. The second-order valence-electron chi connectivity index (χ2n) is 6.46. The van der Waals surface area contributed by atoms with Crippen molar-refractivity contribution >= 4 is 28.0 Å². The van der Waals surface area contributed by atoms with Gasteiger partial charge in [-0.3, -0.25) is 9.69 Å². The molecule has 0 aromatic carbocycles. The molecule has 1 fully saturated rings. The highest BCUT2D eigenvalue weighted by atomic mass is 32.1. The van der Waals surface area contributed by atoms with Gasteiger partial charge in [0, 0.05) is 68.3 Å². The number of hydrogen-bond acceptors (Lipinski definition) is 7. The van der Waals surface area contributed by atoms with Gasteiger partial charge in [0.2, 0.25) is 5.91 Å². The van der Waals surface area contributed by atoms with Gasteiger partial charge < -0.3 is 14.5 Å². The molecule has 4 rings (SSSR count). The van der Waals surface area contributed by atoms with Crippen molar-refractivity contribution in [1.29, 1.82) is 0 Å². The topological polar surface area (TPSA) is 84.7 Å². The summed E-state index contributed by atoms with van der Waals surface area (Å²) >= 11 is 1.51. The Balaban J connectivity index is 1.40. The fourth-order valence-electron chi connectivity index (χ4n) is 3.21. The van der Waals surface area contributed by atoms with E-state index in [2.05, 4.69) is 32.1 Å². The molecule has 0 saturated carbocycles. The van der Waals surface area contributed by atoms with E-state index in [0.717, 1.165) is 30.0 Å².